The summed E-state index contributed by atoms with van der Waals surface area (Å²) < 4.78 is 5.74. The van der Waals surface area contributed by atoms with E-state index in [1.165, 1.54) is 0 Å². The van der Waals surface area contributed by atoms with Gasteiger partial charge in [-0.3, -0.25) is 14.6 Å². The average Bonchev–Trinajstić information content (AvgIpc) is 2.67. The van der Waals surface area contributed by atoms with E-state index in [9.17, 15) is 4.79 Å². The maximum absolute atomic E-state index is 12.3. The highest BCUT2D eigenvalue weighted by Gasteiger charge is 2.19. The number of para-hydroxylation sites is 1. The molecule has 1 fully saturated rings. The zero-order chi connectivity index (χ0) is 19.1. The molecule has 0 atom stereocenters. The van der Waals surface area contributed by atoms with Crippen molar-refractivity contribution in [2.75, 3.05) is 51.2 Å². The number of nitrogens with one attached hydrogen (secondary N) is 1. The number of hydrogen-bond donors (Lipinski definition) is 1. The molecule has 3 rings (SSSR count). The number of benzene rings is 2. The predicted molar refractivity (Wildman–Crippen MR) is 110 cm³/mol. The van der Waals surface area contributed by atoms with Gasteiger partial charge in [0, 0.05) is 37.7 Å². The van der Waals surface area contributed by atoms with Crippen molar-refractivity contribution in [3.63, 3.8) is 0 Å². The molecule has 0 aliphatic carbocycles. The van der Waals surface area contributed by atoms with E-state index < -0.39 is 0 Å². The summed E-state index contributed by atoms with van der Waals surface area (Å²) in [6.07, 6.45) is 0. The molecule has 1 saturated heterocycles. The van der Waals surface area contributed by atoms with Gasteiger partial charge in [0.05, 0.1) is 17.3 Å². The van der Waals surface area contributed by atoms with Gasteiger partial charge in [-0.2, -0.15) is 0 Å². The molecular formula is C20H23Cl2N3O2. The van der Waals surface area contributed by atoms with Gasteiger partial charge in [0.2, 0.25) is 5.91 Å². The third-order valence-electron chi connectivity index (χ3n) is 4.45. The van der Waals surface area contributed by atoms with Crippen LogP contribution in [0.15, 0.2) is 48.5 Å². The molecule has 2 aromatic rings. The third-order valence-corrected chi connectivity index (χ3v) is 5.02. The second-order valence-corrected chi connectivity index (χ2v) is 7.30. The van der Waals surface area contributed by atoms with Crippen LogP contribution in [-0.4, -0.2) is 61.6 Å². The second-order valence-electron chi connectivity index (χ2n) is 6.45. The summed E-state index contributed by atoms with van der Waals surface area (Å²) in [5, 5.41) is 3.86. The molecular weight excluding hydrogens is 385 g/mol. The number of nitrogens with zero attached hydrogens (tertiary/aromatic N) is 2. The molecule has 1 heterocycles. The Morgan fingerprint density at radius 1 is 1.00 bits per heavy atom. The highest BCUT2D eigenvalue weighted by molar-refractivity contribution is 6.35. The van der Waals surface area contributed by atoms with E-state index in [0.29, 0.717) is 28.9 Å². The second kappa shape index (κ2) is 9.95. The van der Waals surface area contributed by atoms with E-state index in [4.69, 9.17) is 27.9 Å². The van der Waals surface area contributed by atoms with Crippen molar-refractivity contribution in [2.45, 2.75) is 0 Å². The quantitative estimate of drug-likeness (QED) is 0.760. The van der Waals surface area contributed by atoms with Crippen molar-refractivity contribution in [1.82, 2.24) is 9.80 Å². The van der Waals surface area contributed by atoms with Gasteiger partial charge in [0.15, 0.2) is 0 Å². The maximum Gasteiger partial charge on any atom is 0.238 e. The normalized spacial score (nSPS) is 15.5. The van der Waals surface area contributed by atoms with E-state index in [1.807, 2.05) is 30.3 Å². The first-order chi connectivity index (χ1) is 13.1. The minimum absolute atomic E-state index is 0.0833. The maximum atomic E-state index is 12.3. The smallest absolute Gasteiger partial charge is 0.238 e. The molecule has 1 aliphatic heterocycles. The Kier molecular flexibility index (Phi) is 7.35. The number of carbonyl (C=O) groups excluding carboxylic acids is 1. The van der Waals surface area contributed by atoms with Gasteiger partial charge < -0.3 is 10.1 Å². The molecule has 1 amide bonds. The first kappa shape index (κ1) is 20.0. The van der Waals surface area contributed by atoms with Crippen LogP contribution in [0.3, 0.4) is 0 Å². The molecule has 1 N–H and O–H groups in total. The fraction of sp³-hybridized carbons (Fsp3) is 0.350. The SMILES string of the molecule is O=C(CN1CCN(CCOc2ccccc2)CC1)Nc1cc(Cl)ccc1Cl. The van der Waals surface area contributed by atoms with E-state index in [-0.39, 0.29) is 5.91 Å². The van der Waals surface area contributed by atoms with Gasteiger partial charge in [0.1, 0.15) is 12.4 Å². The predicted octanol–water partition coefficient (Wildman–Crippen LogP) is 3.63. The van der Waals surface area contributed by atoms with Crippen molar-refractivity contribution in [2.24, 2.45) is 0 Å². The van der Waals surface area contributed by atoms with Crippen molar-refractivity contribution in [1.29, 1.82) is 0 Å². The first-order valence-electron chi connectivity index (χ1n) is 8.97. The molecule has 2 aromatic carbocycles. The number of piperazine rings is 1. The molecule has 0 spiro atoms. The summed E-state index contributed by atoms with van der Waals surface area (Å²) in [6.45, 7) is 5.43. The number of halogens is 2. The van der Waals surface area contributed by atoms with E-state index in [2.05, 4.69) is 15.1 Å². The largest absolute Gasteiger partial charge is 0.492 e. The van der Waals surface area contributed by atoms with Gasteiger partial charge >= 0.3 is 0 Å². The molecule has 27 heavy (non-hydrogen) atoms. The highest BCUT2D eigenvalue weighted by atomic mass is 35.5. The minimum atomic E-state index is -0.0833. The van der Waals surface area contributed by atoms with Gasteiger partial charge in [-0.05, 0) is 30.3 Å². The number of hydrogen-bond acceptors (Lipinski definition) is 4. The Hall–Kier alpha value is -1.79. The van der Waals surface area contributed by atoms with Crippen molar-refractivity contribution in [3.05, 3.63) is 58.6 Å². The summed E-state index contributed by atoms with van der Waals surface area (Å²) >= 11 is 12.0. The van der Waals surface area contributed by atoms with Crippen LogP contribution >= 0.6 is 23.2 Å². The lowest BCUT2D eigenvalue weighted by Crippen LogP contribution is -2.49. The first-order valence-corrected chi connectivity index (χ1v) is 9.73. The number of amides is 1. The topological polar surface area (TPSA) is 44.8 Å². The van der Waals surface area contributed by atoms with Crippen LogP contribution in [0.1, 0.15) is 0 Å². The summed E-state index contributed by atoms with van der Waals surface area (Å²) in [4.78, 5) is 16.8. The number of ether oxygens (including phenoxy) is 1. The van der Waals surface area contributed by atoms with E-state index >= 15 is 0 Å². The Morgan fingerprint density at radius 3 is 2.44 bits per heavy atom. The minimum Gasteiger partial charge on any atom is -0.492 e. The zero-order valence-electron chi connectivity index (χ0n) is 15.0. The Bertz CT molecular complexity index is 750. The van der Waals surface area contributed by atoms with Crippen LogP contribution < -0.4 is 10.1 Å². The van der Waals surface area contributed by atoms with Gasteiger partial charge in [0.25, 0.3) is 0 Å². The van der Waals surface area contributed by atoms with Crippen molar-refractivity contribution >= 4 is 34.8 Å². The third kappa shape index (κ3) is 6.40. The summed E-state index contributed by atoms with van der Waals surface area (Å²) in [5.41, 5.74) is 0.547. The van der Waals surface area contributed by atoms with E-state index in [0.717, 1.165) is 38.5 Å². The molecule has 0 bridgehead atoms. The van der Waals surface area contributed by atoms with Crippen LogP contribution in [0.25, 0.3) is 0 Å². The zero-order valence-corrected chi connectivity index (χ0v) is 16.5. The van der Waals surface area contributed by atoms with Gasteiger partial charge in [-0.1, -0.05) is 41.4 Å². The van der Waals surface area contributed by atoms with Crippen LogP contribution in [0.2, 0.25) is 10.0 Å². The molecule has 5 nitrogen and oxygen atoms in total. The number of rotatable bonds is 7. The molecule has 0 saturated carbocycles. The highest BCUT2D eigenvalue weighted by Crippen LogP contribution is 2.25. The standard InChI is InChI=1S/C20H23Cl2N3O2/c21-16-6-7-18(22)19(14-16)23-20(26)15-25-10-8-24(9-11-25)12-13-27-17-4-2-1-3-5-17/h1-7,14H,8-13,15H2,(H,23,26). The summed E-state index contributed by atoms with van der Waals surface area (Å²) in [5.74, 6) is 0.813. The van der Waals surface area contributed by atoms with Crippen LogP contribution in [-0.2, 0) is 4.79 Å². The number of anilines is 1. The molecule has 1 aliphatic rings. The fourth-order valence-electron chi connectivity index (χ4n) is 2.97. The van der Waals surface area contributed by atoms with Gasteiger partial charge in [-0.25, -0.2) is 0 Å². The van der Waals surface area contributed by atoms with Crippen LogP contribution in [0, 0.1) is 0 Å². The molecule has 144 valence electrons. The average molecular weight is 408 g/mol. The van der Waals surface area contributed by atoms with E-state index in [1.54, 1.807) is 18.2 Å². The lowest BCUT2D eigenvalue weighted by molar-refractivity contribution is -0.117. The molecule has 0 unspecified atom stereocenters. The Morgan fingerprint density at radius 2 is 1.70 bits per heavy atom. The lowest BCUT2D eigenvalue weighted by Gasteiger charge is -2.34. The molecule has 0 radical (unpaired) electrons. The summed E-state index contributed by atoms with van der Waals surface area (Å²) in [7, 11) is 0. The van der Waals surface area contributed by atoms with Crippen molar-refractivity contribution < 1.29 is 9.53 Å². The van der Waals surface area contributed by atoms with Crippen LogP contribution in [0.5, 0.6) is 5.75 Å². The van der Waals surface area contributed by atoms with Crippen molar-refractivity contribution in [3.8, 4) is 5.75 Å². The molecule has 0 aromatic heterocycles. The fourth-order valence-corrected chi connectivity index (χ4v) is 3.30. The Balaban J connectivity index is 1.36. The Labute approximate surface area is 169 Å². The summed E-state index contributed by atoms with van der Waals surface area (Å²) in [6, 6.07) is 14.9. The van der Waals surface area contributed by atoms with Crippen LogP contribution in [0.4, 0.5) is 5.69 Å². The monoisotopic (exact) mass is 407 g/mol. The molecule has 7 heteroatoms. The lowest BCUT2D eigenvalue weighted by atomic mass is 10.3. The number of carbonyl (C=O) groups is 1. The van der Waals surface area contributed by atoms with Gasteiger partial charge in [-0.15, -0.1) is 0 Å².